The number of likely N-dealkylation sites (tertiary alicyclic amines) is 1. The minimum atomic E-state index is 0. The van der Waals surface area contributed by atoms with Crippen LogP contribution in [-0.2, 0) is 0 Å². The fourth-order valence-electron chi connectivity index (χ4n) is 1.97. The number of nitrogens with one attached hydrogen (secondary N) is 1. The van der Waals surface area contributed by atoms with Crippen molar-refractivity contribution in [3.05, 3.63) is 0 Å². The molecule has 1 aliphatic heterocycles. The molecule has 0 radical (unpaired) electrons. The molecule has 2 heteroatoms. The smallest absolute Gasteiger partial charge is 0.000703 e. The van der Waals surface area contributed by atoms with E-state index in [1.807, 2.05) is 7.05 Å². The van der Waals surface area contributed by atoms with Crippen LogP contribution >= 0.6 is 0 Å². The second-order valence-electron chi connectivity index (χ2n) is 4.01. The zero-order valence-corrected chi connectivity index (χ0v) is 8.47. The molecule has 2 nitrogen and oxygen atoms in total. The van der Waals surface area contributed by atoms with Gasteiger partial charge in [-0.3, -0.25) is 0 Å². The monoisotopic (exact) mass is 172 g/mol. The zero-order valence-electron chi connectivity index (χ0n) is 8.47. The number of piperidine rings is 1. The fraction of sp³-hybridized carbons (Fsp3) is 1.00. The summed E-state index contributed by atoms with van der Waals surface area (Å²) in [4.78, 5) is 2.60. The van der Waals surface area contributed by atoms with Crippen LogP contribution in [0.25, 0.3) is 0 Å². The van der Waals surface area contributed by atoms with Crippen molar-refractivity contribution in [2.75, 3.05) is 33.2 Å². The second-order valence-corrected chi connectivity index (χ2v) is 4.01. The normalized spacial score (nSPS) is 26.0. The van der Waals surface area contributed by atoms with Crippen LogP contribution in [0.5, 0.6) is 0 Å². The molecule has 1 atom stereocenters. The van der Waals surface area contributed by atoms with Crippen molar-refractivity contribution < 1.29 is 1.43 Å². The predicted octanol–water partition coefficient (Wildman–Crippen LogP) is 1.57. The standard InChI is InChI=1S/C10H22N2.H2/c1-10-5-3-7-12(9-10)8-4-6-11-2;/h10-11H,3-9H2,1-2H3;1H. The van der Waals surface area contributed by atoms with E-state index in [4.69, 9.17) is 0 Å². The maximum absolute atomic E-state index is 3.19. The second kappa shape index (κ2) is 5.55. The van der Waals surface area contributed by atoms with Crippen LogP contribution in [0.4, 0.5) is 0 Å². The Balaban J connectivity index is 0.00000144. The molecule has 1 rings (SSSR count). The van der Waals surface area contributed by atoms with Gasteiger partial charge in [-0.1, -0.05) is 6.92 Å². The van der Waals surface area contributed by atoms with Gasteiger partial charge in [-0.05, 0) is 51.9 Å². The SMILES string of the molecule is CNCCCN1CCCC(C)C1.[HH]. The van der Waals surface area contributed by atoms with E-state index >= 15 is 0 Å². The summed E-state index contributed by atoms with van der Waals surface area (Å²) in [5, 5.41) is 3.19. The van der Waals surface area contributed by atoms with Crippen molar-refractivity contribution in [2.45, 2.75) is 26.2 Å². The minimum absolute atomic E-state index is 0. The van der Waals surface area contributed by atoms with Crippen molar-refractivity contribution in [3.63, 3.8) is 0 Å². The molecule has 1 saturated heterocycles. The molecule has 0 aromatic rings. The van der Waals surface area contributed by atoms with Gasteiger partial charge in [0, 0.05) is 7.97 Å². The Morgan fingerprint density at radius 2 is 2.42 bits per heavy atom. The average Bonchev–Trinajstić information content (AvgIpc) is 2.05. The third-order valence-electron chi connectivity index (χ3n) is 2.64. The van der Waals surface area contributed by atoms with Gasteiger partial charge in [-0.2, -0.15) is 0 Å². The number of nitrogens with zero attached hydrogens (tertiary/aromatic N) is 1. The Morgan fingerprint density at radius 1 is 1.58 bits per heavy atom. The molecule has 0 saturated carbocycles. The van der Waals surface area contributed by atoms with Crippen LogP contribution in [0.2, 0.25) is 0 Å². The highest BCUT2D eigenvalue weighted by Gasteiger charge is 2.14. The van der Waals surface area contributed by atoms with E-state index < -0.39 is 0 Å². The molecule has 0 aromatic heterocycles. The highest BCUT2D eigenvalue weighted by atomic mass is 15.1. The van der Waals surface area contributed by atoms with Crippen molar-refractivity contribution in [2.24, 2.45) is 5.92 Å². The summed E-state index contributed by atoms with van der Waals surface area (Å²) < 4.78 is 0. The fourth-order valence-corrected chi connectivity index (χ4v) is 1.97. The van der Waals surface area contributed by atoms with Gasteiger partial charge in [0.1, 0.15) is 0 Å². The molecule has 0 amide bonds. The zero-order chi connectivity index (χ0) is 8.81. The summed E-state index contributed by atoms with van der Waals surface area (Å²) in [6, 6.07) is 0. The summed E-state index contributed by atoms with van der Waals surface area (Å²) in [6.07, 6.45) is 4.13. The lowest BCUT2D eigenvalue weighted by Crippen LogP contribution is -2.35. The topological polar surface area (TPSA) is 15.3 Å². The Kier molecular flexibility index (Phi) is 4.62. The average molecular weight is 172 g/mol. The molecule has 0 aromatic carbocycles. The summed E-state index contributed by atoms with van der Waals surface area (Å²) in [7, 11) is 2.03. The molecule has 1 unspecified atom stereocenters. The minimum Gasteiger partial charge on any atom is -0.320 e. The Labute approximate surface area is 77.8 Å². The molecule has 0 spiro atoms. The van der Waals surface area contributed by atoms with Crippen LogP contribution in [0.3, 0.4) is 0 Å². The van der Waals surface area contributed by atoms with Gasteiger partial charge in [0.15, 0.2) is 0 Å². The van der Waals surface area contributed by atoms with Crippen molar-refractivity contribution in [1.29, 1.82) is 0 Å². The van der Waals surface area contributed by atoms with Crippen molar-refractivity contribution >= 4 is 0 Å². The van der Waals surface area contributed by atoms with Gasteiger partial charge < -0.3 is 10.2 Å². The molecule has 1 heterocycles. The number of hydrogen-bond donors (Lipinski definition) is 1. The van der Waals surface area contributed by atoms with E-state index in [-0.39, 0.29) is 1.43 Å². The van der Waals surface area contributed by atoms with Gasteiger partial charge in [-0.15, -0.1) is 0 Å². The first-order chi connectivity index (χ1) is 5.83. The Hall–Kier alpha value is -0.0800. The van der Waals surface area contributed by atoms with Crippen LogP contribution in [0.1, 0.15) is 27.6 Å². The summed E-state index contributed by atoms with van der Waals surface area (Å²) >= 11 is 0. The first-order valence-electron chi connectivity index (χ1n) is 5.20. The lowest BCUT2D eigenvalue weighted by molar-refractivity contribution is 0.182. The molecule has 1 fully saturated rings. The molecule has 1 N–H and O–H groups in total. The van der Waals surface area contributed by atoms with E-state index in [0.717, 1.165) is 12.5 Å². The highest BCUT2D eigenvalue weighted by Crippen LogP contribution is 2.14. The van der Waals surface area contributed by atoms with Gasteiger partial charge in [0.05, 0.1) is 0 Å². The summed E-state index contributed by atoms with van der Waals surface area (Å²) in [6.45, 7) is 7.46. The van der Waals surface area contributed by atoms with Crippen molar-refractivity contribution in [1.82, 2.24) is 10.2 Å². The molecule has 12 heavy (non-hydrogen) atoms. The molecule has 0 aliphatic carbocycles. The van der Waals surface area contributed by atoms with Gasteiger partial charge in [0.2, 0.25) is 0 Å². The van der Waals surface area contributed by atoms with Gasteiger partial charge >= 0.3 is 0 Å². The molecular weight excluding hydrogens is 148 g/mol. The third kappa shape index (κ3) is 3.55. The quantitative estimate of drug-likeness (QED) is 0.648. The van der Waals surface area contributed by atoms with Crippen LogP contribution < -0.4 is 5.32 Å². The van der Waals surface area contributed by atoms with E-state index in [9.17, 15) is 0 Å². The van der Waals surface area contributed by atoms with Crippen LogP contribution in [0, 0.1) is 5.92 Å². The first-order valence-corrected chi connectivity index (χ1v) is 5.20. The maximum atomic E-state index is 3.19. The van der Waals surface area contributed by atoms with Crippen LogP contribution in [-0.4, -0.2) is 38.1 Å². The third-order valence-corrected chi connectivity index (χ3v) is 2.64. The summed E-state index contributed by atoms with van der Waals surface area (Å²) in [5.41, 5.74) is 0. The first kappa shape index (κ1) is 10.0. The Bertz CT molecular complexity index is 119. The lowest BCUT2D eigenvalue weighted by atomic mass is 10.0. The van der Waals surface area contributed by atoms with E-state index in [0.29, 0.717) is 0 Å². The van der Waals surface area contributed by atoms with E-state index in [1.54, 1.807) is 0 Å². The number of rotatable bonds is 4. The molecule has 0 bridgehead atoms. The largest absolute Gasteiger partial charge is 0.320 e. The molecular formula is C10H24N2. The maximum Gasteiger partial charge on any atom is 0.000703 e. The lowest BCUT2D eigenvalue weighted by Gasteiger charge is -2.30. The van der Waals surface area contributed by atoms with Crippen LogP contribution in [0.15, 0.2) is 0 Å². The van der Waals surface area contributed by atoms with Gasteiger partial charge in [-0.25, -0.2) is 0 Å². The number of hydrogen-bond acceptors (Lipinski definition) is 2. The summed E-state index contributed by atoms with van der Waals surface area (Å²) in [5.74, 6) is 0.924. The highest BCUT2D eigenvalue weighted by molar-refractivity contribution is 4.69. The molecule has 1 aliphatic rings. The van der Waals surface area contributed by atoms with E-state index in [1.165, 1.54) is 38.9 Å². The molecule has 74 valence electrons. The predicted molar refractivity (Wildman–Crippen MR) is 55.5 cm³/mol. The Morgan fingerprint density at radius 3 is 3.08 bits per heavy atom. The van der Waals surface area contributed by atoms with Gasteiger partial charge in [0.25, 0.3) is 0 Å². The van der Waals surface area contributed by atoms with Crippen molar-refractivity contribution in [3.8, 4) is 0 Å². The van der Waals surface area contributed by atoms with E-state index in [2.05, 4.69) is 17.1 Å².